The van der Waals surface area contributed by atoms with E-state index >= 15 is 0 Å². The SMILES string of the molecule is CN1CC[C@H](N(C)CCC(=O)NCCc2ccc(Cl)cc2Cl)C1. The maximum absolute atomic E-state index is 12.0. The second kappa shape index (κ2) is 8.88. The van der Waals surface area contributed by atoms with E-state index < -0.39 is 0 Å². The topological polar surface area (TPSA) is 35.6 Å². The zero-order valence-electron chi connectivity index (χ0n) is 13.8. The Hall–Kier alpha value is -0.810. The number of hydrogen-bond donors (Lipinski definition) is 1. The van der Waals surface area contributed by atoms with Gasteiger partial charge in [-0.05, 0) is 51.2 Å². The Morgan fingerprint density at radius 1 is 1.43 bits per heavy atom. The predicted octanol–water partition coefficient (Wildman–Crippen LogP) is 2.68. The van der Waals surface area contributed by atoms with Gasteiger partial charge >= 0.3 is 0 Å². The van der Waals surface area contributed by atoms with Gasteiger partial charge in [0.25, 0.3) is 0 Å². The van der Waals surface area contributed by atoms with Gasteiger partial charge in [0.05, 0.1) is 0 Å². The van der Waals surface area contributed by atoms with Crippen LogP contribution in [-0.2, 0) is 11.2 Å². The fourth-order valence-electron chi connectivity index (χ4n) is 2.88. The van der Waals surface area contributed by atoms with Crippen molar-refractivity contribution in [1.29, 1.82) is 0 Å². The van der Waals surface area contributed by atoms with Gasteiger partial charge in [-0.15, -0.1) is 0 Å². The molecule has 1 heterocycles. The molecule has 1 aromatic carbocycles. The molecule has 1 aromatic rings. The van der Waals surface area contributed by atoms with Crippen molar-refractivity contribution >= 4 is 29.1 Å². The van der Waals surface area contributed by atoms with E-state index in [1.807, 2.05) is 12.1 Å². The molecule has 1 aliphatic rings. The van der Waals surface area contributed by atoms with E-state index in [-0.39, 0.29) is 5.91 Å². The third-order valence-electron chi connectivity index (χ3n) is 4.41. The smallest absolute Gasteiger partial charge is 0.221 e. The average molecular weight is 358 g/mol. The number of likely N-dealkylation sites (N-methyl/N-ethyl adjacent to an activating group) is 2. The quantitative estimate of drug-likeness (QED) is 0.814. The molecule has 23 heavy (non-hydrogen) atoms. The van der Waals surface area contributed by atoms with Gasteiger partial charge in [0.2, 0.25) is 5.91 Å². The average Bonchev–Trinajstić information content (AvgIpc) is 2.93. The van der Waals surface area contributed by atoms with Gasteiger partial charge in [0.15, 0.2) is 0 Å². The zero-order chi connectivity index (χ0) is 16.8. The number of halogens is 2. The lowest BCUT2D eigenvalue weighted by atomic mass is 10.1. The van der Waals surface area contributed by atoms with Crippen molar-refractivity contribution in [3.63, 3.8) is 0 Å². The molecular weight excluding hydrogens is 333 g/mol. The Kier molecular flexibility index (Phi) is 7.15. The number of amides is 1. The van der Waals surface area contributed by atoms with Crippen LogP contribution in [0.4, 0.5) is 0 Å². The molecule has 1 aliphatic heterocycles. The largest absolute Gasteiger partial charge is 0.356 e. The van der Waals surface area contributed by atoms with Crippen LogP contribution in [0.2, 0.25) is 10.0 Å². The molecule has 0 saturated carbocycles. The molecule has 6 heteroatoms. The Bertz CT molecular complexity index is 539. The van der Waals surface area contributed by atoms with E-state index in [4.69, 9.17) is 23.2 Å². The Morgan fingerprint density at radius 2 is 2.22 bits per heavy atom. The van der Waals surface area contributed by atoms with Gasteiger partial charge in [-0.3, -0.25) is 4.79 Å². The molecule has 1 fully saturated rings. The Morgan fingerprint density at radius 3 is 2.87 bits per heavy atom. The Balaban J connectivity index is 1.65. The lowest BCUT2D eigenvalue weighted by Crippen LogP contribution is -2.37. The third kappa shape index (κ3) is 5.96. The number of carbonyl (C=O) groups is 1. The van der Waals surface area contributed by atoms with Crippen LogP contribution in [0.3, 0.4) is 0 Å². The number of likely N-dealkylation sites (tertiary alicyclic amines) is 1. The van der Waals surface area contributed by atoms with Gasteiger partial charge in [-0.25, -0.2) is 0 Å². The Labute approximate surface area is 148 Å². The van der Waals surface area contributed by atoms with Crippen LogP contribution >= 0.6 is 23.2 Å². The number of nitrogens with zero attached hydrogens (tertiary/aromatic N) is 2. The standard InChI is InChI=1S/C17H25Cl2N3O/c1-21-9-6-15(12-21)22(2)10-7-17(23)20-8-5-13-3-4-14(18)11-16(13)19/h3-4,11,15H,5-10,12H2,1-2H3,(H,20,23)/t15-/m0/s1. The number of hydrogen-bond acceptors (Lipinski definition) is 3. The van der Waals surface area contributed by atoms with Crippen molar-refractivity contribution in [2.24, 2.45) is 0 Å². The van der Waals surface area contributed by atoms with Gasteiger partial charge in [0.1, 0.15) is 0 Å². The first-order valence-corrected chi connectivity index (χ1v) is 8.80. The summed E-state index contributed by atoms with van der Waals surface area (Å²) in [5.41, 5.74) is 1.00. The van der Waals surface area contributed by atoms with Crippen LogP contribution < -0.4 is 5.32 Å². The van der Waals surface area contributed by atoms with E-state index in [0.717, 1.165) is 25.2 Å². The summed E-state index contributed by atoms with van der Waals surface area (Å²) < 4.78 is 0. The molecule has 1 saturated heterocycles. The fourth-order valence-corrected chi connectivity index (χ4v) is 3.38. The third-order valence-corrected chi connectivity index (χ3v) is 5.00. The summed E-state index contributed by atoms with van der Waals surface area (Å²) in [7, 11) is 4.24. The summed E-state index contributed by atoms with van der Waals surface area (Å²) in [5, 5.41) is 4.24. The van der Waals surface area contributed by atoms with E-state index in [1.54, 1.807) is 6.07 Å². The number of carbonyl (C=O) groups excluding carboxylic acids is 1. The minimum Gasteiger partial charge on any atom is -0.356 e. The van der Waals surface area contributed by atoms with Crippen molar-refractivity contribution in [3.05, 3.63) is 33.8 Å². The summed E-state index contributed by atoms with van der Waals surface area (Å²) in [6, 6.07) is 6.02. The highest BCUT2D eigenvalue weighted by Crippen LogP contribution is 2.21. The summed E-state index contributed by atoms with van der Waals surface area (Å²) in [6.45, 7) is 3.62. The first kappa shape index (κ1) is 18.5. The maximum Gasteiger partial charge on any atom is 0.221 e. The highest BCUT2D eigenvalue weighted by molar-refractivity contribution is 6.35. The first-order chi connectivity index (χ1) is 11.0. The molecular formula is C17H25Cl2N3O. The van der Waals surface area contributed by atoms with Crippen LogP contribution in [0.15, 0.2) is 18.2 Å². The molecule has 1 atom stereocenters. The fraction of sp³-hybridized carbons (Fsp3) is 0.588. The number of benzene rings is 1. The second-order valence-corrected chi connectivity index (χ2v) is 7.11. The van der Waals surface area contributed by atoms with Crippen LogP contribution in [0, 0.1) is 0 Å². The highest BCUT2D eigenvalue weighted by atomic mass is 35.5. The minimum absolute atomic E-state index is 0.0910. The van der Waals surface area contributed by atoms with Crippen LogP contribution in [0.1, 0.15) is 18.4 Å². The highest BCUT2D eigenvalue weighted by Gasteiger charge is 2.23. The van der Waals surface area contributed by atoms with E-state index in [0.29, 0.717) is 35.5 Å². The molecule has 1 N–H and O–H groups in total. The van der Waals surface area contributed by atoms with Crippen molar-refractivity contribution < 1.29 is 4.79 Å². The van der Waals surface area contributed by atoms with E-state index in [2.05, 4.69) is 29.2 Å². The summed E-state index contributed by atoms with van der Waals surface area (Å²) in [6.07, 6.45) is 2.43. The lowest BCUT2D eigenvalue weighted by molar-refractivity contribution is -0.121. The van der Waals surface area contributed by atoms with Crippen LogP contribution in [-0.4, -0.2) is 62.0 Å². The van der Waals surface area contributed by atoms with Crippen molar-refractivity contribution in [2.45, 2.75) is 25.3 Å². The monoisotopic (exact) mass is 357 g/mol. The lowest BCUT2D eigenvalue weighted by Gasteiger charge is -2.23. The molecule has 1 amide bonds. The first-order valence-electron chi connectivity index (χ1n) is 8.05. The zero-order valence-corrected chi connectivity index (χ0v) is 15.3. The normalized spacial score (nSPS) is 18.6. The maximum atomic E-state index is 12.0. The van der Waals surface area contributed by atoms with Crippen molar-refractivity contribution in [1.82, 2.24) is 15.1 Å². The molecule has 0 aliphatic carbocycles. The van der Waals surface area contributed by atoms with Gasteiger partial charge < -0.3 is 15.1 Å². The number of nitrogens with one attached hydrogen (secondary N) is 1. The van der Waals surface area contributed by atoms with E-state index in [1.165, 1.54) is 6.42 Å². The molecule has 2 rings (SSSR count). The number of rotatable bonds is 7. The molecule has 0 aromatic heterocycles. The second-order valence-electron chi connectivity index (χ2n) is 6.27. The molecule has 4 nitrogen and oxygen atoms in total. The summed E-state index contributed by atoms with van der Waals surface area (Å²) in [4.78, 5) is 16.6. The van der Waals surface area contributed by atoms with Gasteiger partial charge in [0, 0.05) is 42.1 Å². The molecule has 0 unspecified atom stereocenters. The van der Waals surface area contributed by atoms with Gasteiger partial charge in [-0.1, -0.05) is 29.3 Å². The van der Waals surface area contributed by atoms with Crippen molar-refractivity contribution in [2.75, 3.05) is 40.3 Å². The summed E-state index contributed by atoms with van der Waals surface area (Å²) in [5.74, 6) is 0.0910. The molecule has 128 valence electrons. The van der Waals surface area contributed by atoms with E-state index in [9.17, 15) is 4.79 Å². The van der Waals surface area contributed by atoms with Crippen LogP contribution in [0.5, 0.6) is 0 Å². The van der Waals surface area contributed by atoms with Crippen molar-refractivity contribution in [3.8, 4) is 0 Å². The molecule has 0 spiro atoms. The molecule has 0 radical (unpaired) electrons. The summed E-state index contributed by atoms with van der Waals surface area (Å²) >= 11 is 12.0. The van der Waals surface area contributed by atoms with Crippen LogP contribution in [0.25, 0.3) is 0 Å². The van der Waals surface area contributed by atoms with Gasteiger partial charge in [-0.2, -0.15) is 0 Å². The minimum atomic E-state index is 0.0910. The molecule has 0 bridgehead atoms. The predicted molar refractivity (Wildman–Crippen MR) is 96.3 cm³/mol.